The van der Waals surface area contributed by atoms with Crippen LogP contribution in [0.25, 0.3) is 12.3 Å². The minimum Gasteiger partial charge on any atom is -0.504 e. The lowest BCUT2D eigenvalue weighted by atomic mass is 9.90. The molecule has 0 fully saturated rings. The Morgan fingerprint density at radius 1 is 1.08 bits per heavy atom. The van der Waals surface area contributed by atoms with Crippen LogP contribution in [-0.2, 0) is 6.42 Å². The molecule has 0 saturated carbocycles. The van der Waals surface area contributed by atoms with Gasteiger partial charge in [-0.05, 0) is 47.0 Å². The van der Waals surface area contributed by atoms with Gasteiger partial charge in [-0.1, -0.05) is 6.07 Å². The summed E-state index contributed by atoms with van der Waals surface area (Å²) in [5.74, 6) is 1.29. The molecule has 0 aliphatic carbocycles. The van der Waals surface area contributed by atoms with E-state index in [1.165, 1.54) is 0 Å². The molecule has 2 aliphatic heterocycles. The molecule has 0 spiro atoms. The molecule has 2 aromatic rings. The van der Waals surface area contributed by atoms with E-state index in [0.29, 0.717) is 5.75 Å². The van der Waals surface area contributed by atoms with Crippen molar-refractivity contribution >= 4 is 12.3 Å². The standard InChI is InChI=1S/C19H19NO4/c1-23-18-4-3-11-7-15-13-9-17(22)16(21)8-12(13)5-6-20(15)10-14(11)19(18)24-2/h3-4,7-10,15,21-22H,5-6H2,1-2H3. The second-order valence-electron chi connectivity index (χ2n) is 6.07. The predicted molar refractivity (Wildman–Crippen MR) is 90.6 cm³/mol. The summed E-state index contributed by atoms with van der Waals surface area (Å²) >= 11 is 0. The average Bonchev–Trinajstić information content (AvgIpc) is 2.60. The highest BCUT2D eigenvalue weighted by Crippen LogP contribution is 2.38. The van der Waals surface area contributed by atoms with Crippen molar-refractivity contribution in [2.24, 2.45) is 0 Å². The first-order chi connectivity index (χ1) is 11.6. The van der Waals surface area contributed by atoms with Gasteiger partial charge in [0.1, 0.15) is 0 Å². The summed E-state index contributed by atoms with van der Waals surface area (Å²) in [5, 5.41) is 21.7. The zero-order valence-corrected chi connectivity index (χ0v) is 13.6. The van der Waals surface area contributed by atoms with Crippen LogP contribution in [0.4, 0.5) is 0 Å². The molecule has 2 N–H and O–H groups in total. The normalized spacial score (nSPS) is 17.8. The lowest BCUT2D eigenvalue weighted by molar-refractivity contribution is 0.334. The third kappa shape index (κ3) is 2.08. The second-order valence-corrected chi connectivity index (χ2v) is 6.07. The van der Waals surface area contributed by atoms with Gasteiger partial charge in [-0.15, -0.1) is 0 Å². The SMILES string of the molecule is COc1ccc2c(c1OC)=CN1CCc3cc(O)c(O)cc3C1C=2. The van der Waals surface area contributed by atoms with Crippen LogP contribution in [0.1, 0.15) is 17.2 Å². The van der Waals surface area contributed by atoms with E-state index >= 15 is 0 Å². The fourth-order valence-electron chi connectivity index (χ4n) is 3.61. The summed E-state index contributed by atoms with van der Waals surface area (Å²) in [4.78, 5) is 2.23. The van der Waals surface area contributed by atoms with Crippen LogP contribution in [0, 0.1) is 0 Å². The summed E-state index contributed by atoms with van der Waals surface area (Å²) in [6.45, 7) is 0.832. The van der Waals surface area contributed by atoms with Crippen molar-refractivity contribution in [2.45, 2.75) is 12.5 Å². The van der Waals surface area contributed by atoms with Crippen molar-refractivity contribution in [3.8, 4) is 23.0 Å². The van der Waals surface area contributed by atoms with Crippen molar-refractivity contribution in [2.75, 3.05) is 20.8 Å². The zero-order valence-electron chi connectivity index (χ0n) is 13.6. The third-order valence-corrected chi connectivity index (χ3v) is 4.80. The number of fused-ring (bicyclic) bond motifs is 4. The molecule has 5 nitrogen and oxygen atoms in total. The number of rotatable bonds is 2. The molecule has 24 heavy (non-hydrogen) atoms. The Morgan fingerprint density at radius 3 is 2.62 bits per heavy atom. The largest absolute Gasteiger partial charge is 0.504 e. The van der Waals surface area contributed by atoms with Crippen molar-refractivity contribution in [1.29, 1.82) is 0 Å². The Bertz CT molecular complexity index is 935. The highest BCUT2D eigenvalue weighted by atomic mass is 16.5. The number of hydrogen-bond donors (Lipinski definition) is 2. The number of methoxy groups -OCH3 is 2. The quantitative estimate of drug-likeness (QED) is 0.814. The Labute approximate surface area is 139 Å². The Balaban J connectivity index is 1.92. The molecular weight excluding hydrogens is 306 g/mol. The van der Waals surface area contributed by atoms with E-state index in [2.05, 4.69) is 17.2 Å². The molecule has 124 valence electrons. The van der Waals surface area contributed by atoms with Crippen molar-refractivity contribution in [3.05, 3.63) is 45.8 Å². The molecular formula is C19H19NO4. The summed E-state index contributed by atoms with van der Waals surface area (Å²) in [5.41, 5.74) is 2.09. The molecule has 2 aliphatic rings. The van der Waals surface area contributed by atoms with Crippen molar-refractivity contribution in [3.63, 3.8) is 0 Å². The number of nitrogens with zero attached hydrogens (tertiary/aromatic N) is 1. The molecule has 1 unspecified atom stereocenters. The van der Waals surface area contributed by atoms with Crippen LogP contribution < -0.4 is 19.9 Å². The summed E-state index contributed by atoms with van der Waals surface area (Å²) in [6.07, 6.45) is 5.06. The van der Waals surface area contributed by atoms with Crippen LogP contribution in [0.5, 0.6) is 23.0 Å². The van der Waals surface area contributed by atoms with Crippen LogP contribution in [0.3, 0.4) is 0 Å². The van der Waals surface area contributed by atoms with Crippen LogP contribution in [-0.4, -0.2) is 35.9 Å². The topological polar surface area (TPSA) is 62.2 Å². The Morgan fingerprint density at radius 2 is 1.88 bits per heavy atom. The fraction of sp³-hybridized carbons (Fsp3) is 0.263. The maximum Gasteiger partial charge on any atom is 0.169 e. The first-order valence-electron chi connectivity index (χ1n) is 7.87. The Hall–Kier alpha value is -2.82. The van der Waals surface area contributed by atoms with Crippen LogP contribution in [0.15, 0.2) is 24.3 Å². The molecule has 0 amide bonds. The number of aromatic hydroxyl groups is 2. The van der Waals surface area contributed by atoms with Gasteiger partial charge in [0.2, 0.25) is 0 Å². The van der Waals surface area contributed by atoms with E-state index in [0.717, 1.165) is 40.3 Å². The number of benzene rings is 2. The van der Waals surface area contributed by atoms with Gasteiger partial charge in [-0.2, -0.15) is 0 Å². The molecule has 0 saturated heterocycles. The molecule has 4 rings (SSSR count). The first-order valence-corrected chi connectivity index (χ1v) is 7.87. The highest BCUT2D eigenvalue weighted by molar-refractivity contribution is 5.58. The van der Waals surface area contributed by atoms with E-state index < -0.39 is 0 Å². The minimum absolute atomic E-state index is 0.0332. The van der Waals surface area contributed by atoms with E-state index in [4.69, 9.17) is 9.47 Å². The van der Waals surface area contributed by atoms with Gasteiger partial charge in [-0.25, -0.2) is 0 Å². The van der Waals surface area contributed by atoms with Gasteiger partial charge in [0, 0.05) is 18.0 Å². The molecule has 2 heterocycles. The maximum atomic E-state index is 9.88. The molecule has 0 bridgehead atoms. The minimum atomic E-state index is -0.0814. The van der Waals surface area contributed by atoms with Crippen LogP contribution in [0.2, 0.25) is 0 Å². The second kappa shape index (κ2) is 5.37. The third-order valence-electron chi connectivity index (χ3n) is 4.80. The van der Waals surface area contributed by atoms with Gasteiger partial charge < -0.3 is 24.6 Å². The highest BCUT2D eigenvalue weighted by Gasteiger charge is 2.27. The van der Waals surface area contributed by atoms with Gasteiger partial charge >= 0.3 is 0 Å². The molecule has 0 aromatic heterocycles. The summed E-state index contributed by atoms with van der Waals surface area (Å²) in [6, 6.07) is 7.28. The lowest BCUT2D eigenvalue weighted by Crippen LogP contribution is -2.41. The van der Waals surface area contributed by atoms with E-state index in [1.54, 1.807) is 26.4 Å². The van der Waals surface area contributed by atoms with Gasteiger partial charge in [-0.3, -0.25) is 0 Å². The number of ether oxygens (including phenoxy) is 2. The van der Waals surface area contributed by atoms with E-state index in [1.807, 2.05) is 12.1 Å². The van der Waals surface area contributed by atoms with Crippen molar-refractivity contribution in [1.82, 2.24) is 4.90 Å². The van der Waals surface area contributed by atoms with E-state index in [9.17, 15) is 10.2 Å². The number of phenols is 2. The Kier molecular flexibility index (Phi) is 3.30. The van der Waals surface area contributed by atoms with Gasteiger partial charge in [0.25, 0.3) is 0 Å². The lowest BCUT2D eigenvalue weighted by Gasteiger charge is -2.37. The van der Waals surface area contributed by atoms with Crippen LogP contribution >= 0.6 is 0 Å². The molecule has 1 atom stereocenters. The average molecular weight is 325 g/mol. The van der Waals surface area contributed by atoms with Gasteiger partial charge in [0.05, 0.1) is 20.3 Å². The monoisotopic (exact) mass is 325 g/mol. The summed E-state index contributed by atoms with van der Waals surface area (Å²) < 4.78 is 10.9. The van der Waals surface area contributed by atoms with Gasteiger partial charge in [0.15, 0.2) is 23.0 Å². The summed E-state index contributed by atoms with van der Waals surface area (Å²) in [7, 11) is 3.27. The maximum absolute atomic E-state index is 9.88. The predicted octanol–water partition coefficient (Wildman–Crippen LogP) is 1.25. The molecule has 0 radical (unpaired) electrons. The smallest absolute Gasteiger partial charge is 0.169 e. The molecule has 2 aromatic carbocycles. The molecule has 5 heteroatoms. The number of phenolic OH excluding ortho intramolecular Hbond substituents is 2. The van der Waals surface area contributed by atoms with E-state index in [-0.39, 0.29) is 17.5 Å². The first kappa shape index (κ1) is 14.8. The number of hydrogen-bond acceptors (Lipinski definition) is 5. The zero-order chi connectivity index (χ0) is 16.8. The van der Waals surface area contributed by atoms with Crippen molar-refractivity contribution < 1.29 is 19.7 Å². The fourth-order valence-corrected chi connectivity index (χ4v) is 3.61.